The van der Waals surface area contributed by atoms with Gasteiger partial charge in [-0.3, -0.25) is 14.3 Å². The van der Waals surface area contributed by atoms with Crippen LogP contribution in [0.5, 0.6) is 5.75 Å². The summed E-state index contributed by atoms with van der Waals surface area (Å²) < 4.78 is 12.9. The first kappa shape index (κ1) is 22.5. The van der Waals surface area contributed by atoms with E-state index in [-0.39, 0.29) is 24.9 Å². The number of benzene rings is 2. The fourth-order valence-electron chi connectivity index (χ4n) is 4.15. The second-order valence-corrected chi connectivity index (χ2v) is 10.6. The van der Waals surface area contributed by atoms with E-state index in [4.69, 9.17) is 5.73 Å². The van der Waals surface area contributed by atoms with E-state index >= 15 is 0 Å². The molecule has 2 atom stereocenters. The first-order valence-electron chi connectivity index (χ1n) is 10.1. The molecule has 0 aromatic heterocycles. The minimum atomic E-state index is -3.85. The Morgan fingerprint density at radius 2 is 1.83 bits per heavy atom. The van der Waals surface area contributed by atoms with E-state index in [0.717, 1.165) is 16.7 Å². The summed E-state index contributed by atoms with van der Waals surface area (Å²) in [6.45, 7) is 1.30. The Morgan fingerprint density at radius 1 is 1.13 bits per heavy atom. The number of nitrogens with two attached hydrogens (primary N) is 1. The molecule has 30 heavy (non-hydrogen) atoms. The van der Waals surface area contributed by atoms with Crippen molar-refractivity contribution in [3.05, 3.63) is 54.1 Å². The first-order chi connectivity index (χ1) is 14.3. The molecule has 1 aliphatic rings. The van der Waals surface area contributed by atoms with Crippen molar-refractivity contribution in [2.45, 2.75) is 31.0 Å². The van der Waals surface area contributed by atoms with Crippen molar-refractivity contribution in [3.8, 4) is 16.9 Å². The number of nitrogens with zero attached hydrogens (tertiary/aromatic N) is 1. The maximum absolute atomic E-state index is 12.9. The van der Waals surface area contributed by atoms with Crippen LogP contribution in [0.2, 0.25) is 0 Å². The van der Waals surface area contributed by atoms with E-state index in [1.165, 1.54) is 0 Å². The number of phenolic OH excluding ortho intramolecular Hbond substituents is 1. The fraction of sp³-hybridized carbons (Fsp3) is 0.409. The standard InChI is InChI=1S/C22H29N2O5P/c23-12-4-3-11-22(21(26)27)16-24(13-14-30(22,28)29)15-18-5-1-2-6-20(18)17-7-9-19(25)10-8-17/h1-2,5-10,25H,3-4,11-16,23H2,(H,26,27)(H,28,29). The molecule has 5 N–H and O–H groups in total. The summed E-state index contributed by atoms with van der Waals surface area (Å²) in [5, 5.41) is 17.9. The number of rotatable bonds is 8. The van der Waals surface area contributed by atoms with Crippen molar-refractivity contribution in [1.29, 1.82) is 0 Å². The van der Waals surface area contributed by atoms with Crippen molar-refractivity contribution in [1.82, 2.24) is 4.90 Å². The van der Waals surface area contributed by atoms with Crippen molar-refractivity contribution in [2.75, 3.05) is 25.8 Å². The molecule has 1 heterocycles. The number of carboxylic acid groups (broad SMARTS) is 1. The lowest BCUT2D eigenvalue weighted by Crippen LogP contribution is -2.53. The molecule has 3 rings (SSSR count). The van der Waals surface area contributed by atoms with Crippen LogP contribution in [0.15, 0.2) is 48.5 Å². The van der Waals surface area contributed by atoms with Crippen LogP contribution in [0.1, 0.15) is 24.8 Å². The van der Waals surface area contributed by atoms with Crippen LogP contribution in [0, 0.1) is 0 Å². The molecule has 0 spiro atoms. The molecular weight excluding hydrogens is 403 g/mol. The number of hydrogen-bond acceptors (Lipinski definition) is 5. The monoisotopic (exact) mass is 432 g/mol. The Morgan fingerprint density at radius 3 is 2.50 bits per heavy atom. The largest absolute Gasteiger partial charge is 0.508 e. The van der Waals surface area contributed by atoms with E-state index in [0.29, 0.717) is 32.5 Å². The molecule has 0 aliphatic carbocycles. The Bertz CT molecular complexity index is 933. The molecule has 1 fully saturated rings. The Labute approximate surface area is 176 Å². The lowest BCUT2D eigenvalue weighted by Gasteiger charge is -2.43. The van der Waals surface area contributed by atoms with Crippen LogP contribution in [0.4, 0.5) is 0 Å². The second kappa shape index (κ2) is 9.31. The molecule has 7 nitrogen and oxygen atoms in total. The van der Waals surface area contributed by atoms with Gasteiger partial charge in [0.2, 0.25) is 7.37 Å². The highest BCUT2D eigenvalue weighted by molar-refractivity contribution is 7.61. The van der Waals surface area contributed by atoms with Gasteiger partial charge in [0.25, 0.3) is 0 Å². The number of unbranched alkanes of at least 4 members (excludes halogenated alkanes) is 1. The average Bonchev–Trinajstić information content (AvgIpc) is 2.71. The summed E-state index contributed by atoms with van der Waals surface area (Å²) in [6.07, 6.45) is 1.23. The minimum Gasteiger partial charge on any atom is -0.508 e. The lowest BCUT2D eigenvalue weighted by atomic mass is 9.97. The number of hydrogen-bond donors (Lipinski definition) is 4. The van der Waals surface area contributed by atoms with Crippen LogP contribution in [0.25, 0.3) is 11.1 Å². The third kappa shape index (κ3) is 4.60. The Balaban J connectivity index is 1.87. The van der Waals surface area contributed by atoms with Crippen LogP contribution in [-0.2, 0) is 15.9 Å². The third-order valence-corrected chi connectivity index (χ3v) is 8.61. The molecule has 0 saturated carbocycles. The summed E-state index contributed by atoms with van der Waals surface area (Å²) in [5.74, 6) is -1.02. The SMILES string of the molecule is NCCCCC1(C(=O)O)CN(Cc2ccccc2-c2ccc(O)cc2)CCP1(=O)O. The molecule has 8 heteroatoms. The smallest absolute Gasteiger partial charge is 0.320 e. The average molecular weight is 432 g/mol. The second-order valence-electron chi connectivity index (χ2n) is 7.92. The van der Waals surface area contributed by atoms with E-state index < -0.39 is 18.5 Å². The van der Waals surface area contributed by atoms with Crippen molar-refractivity contribution in [2.24, 2.45) is 5.73 Å². The minimum absolute atomic E-state index is 0.0323. The summed E-state index contributed by atoms with van der Waals surface area (Å²) >= 11 is 0. The molecular formula is C22H29N2O5P. The van der Waals surface area contributed by atoms with Gasteiger partial charge in [-0.1, -0.05) is 42.8 Å². The predicted molar refractivity (Wildman–Crippen MR) is 117 cm³/mol. The van der Waals surface area contributed by atoms with Gasteiger partial charge >= 0.3 is 5.97 Å². The maximum atomic E-state index is 12.9. The van der Waals surface area contributed by atoms with Crippen LogP contribution >= 0.6 is 7.37 Å². The van der Waals surface area contributed by atoms with Crippen molar-refractivity contribution in [3.63, 3.8) is 0 Å². The van der Waals surface area contributed by atoms with Gasteiger partial charge in [0.15, 0.2) is 5.16 Å². The number of aromatic hydroxyl groups is 1. The third-order valence-electron chi connectivity index (χ3n) is 5.91. The normalized spacial score (nSPS) is 24.6. The topological polar surface area (TPSA) is 124 Å². The zero-order chi connectivity index (χ0) is 21.8. The van der Waals surface area contributed by atoms with E-state index in [1.54, 1.807) is 12.1 Å². The number of aliphatic carboxylic acids is 1. The van der Waals surface area contributed by atoms with Gasteiger partial charge in [-0.15, -0.1) is 0 Å². The number of carbonyl (C=O) groups is 1. The van der Waals surface area contributed by atoms with Gasteiger partial charge in [0.1, 0.15) is 5.75 Å². The highest BCUT2D eigenvalue weighted by Gasteiger charge is 2.56. The number of phenols is 1. The van der Waals surface area contributed by atoms with E-state index in [9.17, 15) is 24.5 Å². The van der Waals surface area contributed by atoms with Gasteiger partial charge in [-0.25, -0.2) is 0 Å². The van der Waals surface area contributed by atoms with Crippen LogP contribution in [0.3, 0.4) is 0 Å². The molecule has 1 aliphatic heterocycles. The van der Waals surface area contributed by atoms with Gasteiger partial charge in [-0.2, -0.15) is 0 Å². The highest BCUT2D eigenvalue weighted by Crippen LogP contribution is 2.59. The van der Waals surface area contributed by atoms with E-state index in [2.05, 4.69) is 0 Å². The number of carboxylic acids is 1. The molecule has 2 aromatic rings. The summed E-state index contributed by atoms with van der Waals surface area (Å²) in [4.78, 5) is 24.7. The molecule has 1 saturated heterocycles. The quantitative estimate of drug-likeness (QED) is 0.373. The van der Waals surface area contributed by atoms with Crippen LogP contribution < -0.4 is 5.73 Å². The van der Waals surface area contributed by atoms with Gasteiger partial charge in [-0.05, 0) is 48.2 Å². The zero-order valence-electron chi connectivity index (χ0n) is 16.9. The van der Waals surface area contributed by atoms with Crippen molar-refractivity contribution >= 4 is 13.3 Å². The Kier molecular flexibility index (Phi) is 6.98. The Hall–Kier alpha value is -2.18. The molecule has 0 radical (unpaired) electrons. The molecule has 162 valence electrons. The highest BCUT2D eigenvalue weighted by atomic mass is 31.2. The summed E-state index contributed by atoms with van der Waals surface area (Å²) in [5.41, 5.74) is 8.47. The lowest BCUT2D eigenvalue weighted by molar-refractivity contribution is -0.141. The maximum Gasteiger partial charge on any atom is 0.320 e. The van der Waals surface area contributed by atoms with Crippen LogP contribution in [-0.4, -0.2) is 56.9 Å². The summed E-state index contributed by atoms with van der Waals surface area (Å²) in [6, 6.07) is 14.7. The molecule has 2 unspecified atom stereocenters. The van der Waals surface area contributed by atoms with Gasteiger partial charge < -0.3 is 20.8 Å². The van der Waals surface area contributed by atoms with Crippen molar-refractivity contribution < 1.29 is 24.5 Å². The molecule has 2 aromatic carbocycles. The first-order valence-corrected chi connectivity index (χ1v) is 12.0. The zero-order valence-corrected chi connectivity index (χ0v) is 17.8. The predicted octanol–water partition coefficient (Wildman–Crippen LogP) is 3.10. The van der Waals surface area contributed by atoms with Gasteiger partial charge in [0, 0.05) is 25.8 Å². The fourth-order valence-corrected chi connectivity index (χ4v) is 6.36. The molecule has 0 amide bonds. The summed E-state index contributed by atoms with van der Waals surface area (Å²) in [7, 11) is -3.85. The van der Waals surface area contributed by atoms with Gasteiger partial charge in [0.05, 0.1) is 0 Å². The molecule has 0 bridgehead atoms. The van der Waals surface area contributed by atoms with E-state index in [1.807, 2.05) is 41.3 Å².